The van der Waals surface area contributed by atoms with E-state index >= 15 is 0 Å². The first-order chi connectivity index (χ1) is 12.1. The smallest absolute Gasteiger partial charge is 0.373 e. The third-order valence-electron chi connectivity index (χ3n) is 4.43. The SMILES string of the molecule is C\C=C/C=C(\C=C/C)OBc1ccc(C(CC(C)(C)C)C(C)(C)C)cc1. The Balaban J connectivity index is 2.89. The Kier molecular flexibility index (Phi) is 8.47. The number of benzene rings is 1. The van der Waals surface area contributed by atoms with Crippen molar-refractivity contribution >= 4 is 12.9 Å². The summed E-state index contributed by atoms with van der Waals surface area (Å²) < 4.78 is 5.94. The van der Waals surface area contributed by atoms with E-state index in [0.29, 0.717) is 18.8 Å². The Labute approximate surface area is 162 Å². The van der Waals surface area contributed by atoms with Crippen molar-refractivity contribution in [2.45, 2.75) is 67.7 Å². The van der Waals surface area contributed by atoms with Crippen molar-refractivity contribution in [3.63, 3.8) is 0 Å². The van der Waals surface area contributed by atoms with Crippen LogP contribution in [0.1, 0.15) is 73.3 Å². The normalized spacial score (nSPS) is 14.8. The van der Waals surface area contributed by atoms with Crippen molar-refractivity contribution in [1.82, 2.24) is 0 Å². The molecule has 1 aromatic carbocycles. The third-order valence-corrected chi connectivity index (χ3v) is 4.43. The molecule has 0 saturated heterocycles. The molecule has 0 N–H and O–H groups in total. The van der Waals surface area contributed by atoms with Crippen LogP contribution in [0.5, 0.6) is 0 Å². The van der Waals surface area contributed by atoms with E-state index in [1.54, 1.807) is 0 Å². The molecule has 0 amide bonds. The molecule has 0 bridgehead atoms. The Bertz CT molecular complexity index is 622. The molecule has 0 aliphatic carbocycles. The molecule has 0 spiro atoms. The summed E-state index contributed by atoms with van der Waals surface area (Å²) in [6, 6.07) is 8.98. The van der Waals surface area contributed by atoms with Crippen molar-refractivity contribution < 1.29 is 4.65 Å². The van der Waals surface area contributed by atoms with Crippen LogP contribution in [-0.4, -0.2) is 7.48 Å². The lowest BCUT2D eigenvalue weighted by atomic mass is 9.69. The average molecular weight is 352 g/mol. The van der Waals surface area contributed by atoms with Crippen LogP contribution in [0, 0.1) is 10.8 Å². The zero-order chi connectivity index (χ0) is 19.8. The Hall–Kier alpha value is -1.70. The molecule has 1 rings (SSSR count). The van der Waals surface area contributed by atoms with E-state index in [1.807, 2.05) is 44.2 Å². The van der Waals surface area contributed by atoms with Gasteiger partial charge in [-0.05, 0) is 60.2 Å². The number of hydrogen-bond donors (Lipinski definition) is 0. The van der Waals surface area contributed by atoms with Gasteiger partial charge in [0.25, 0.3) is 0 Å². The fourth-order valence-electron chi connectivity index (χ4n) is 3.06. The molecule has 1 nitrogen and oxygen atoms in total. The maximum atomic E-state index is 5.94. The van der Waals surface area contributed by atoms with E-state index in [0.717, 1.165) is 5.76 Å². The van der Waals surface area contributed by atoms with Crippen LogP contribution in [-0.2, 0) is 4.65 Å². The molecule has 26 heavy (non-hydrogen) atoms. The third kappa shape index (κ3) is 8.12. The molecule has 1 unspecified atom stereocenters. The summed E-state index contributed by atoms with van der Waals surface area (Å²) in [5.41, 5.74) is 3.19. The van der Waals surface area contributed by atoms with Gasteiger partial charge >= 0.3 is 7.48 Å². The summed E-state index contributed by atoms with van der Waals surface area (Å²) in [5.74, 6) is 1.43. The highest BCUT2D eigenvalue weighted by Gasteiger charge is 2.30. The summed E-state index contributed by atoms with van der Waals surface area (Å²) in [7, 11) is 0.591. The first-order valence-corrected chi connectivity index (χ1v) is 9.74. The summed E-state index contributed by atoms with van der Waals surface area (Å²) >= 11 is 0. The molecule has 1 aromatic rings. The summed E-state index contributed by atoms with van der Waals surface area (Å²) in [5, 5.41) is 0. The predicted molar refractivity (Wildman–Crippen MR) is 118 cm³/mol. The fourth-order valence-corrected chi connectivity index (χ4v) is 3.06. The van der Waals surface area contributed by atoms with Crippen molar-refractivity contribution in [3.05, 3.63) is 66.0 Å². The lowest BCUT2D eigenvalue weighted by molar-refractivity contribution is 0.229. The van der Waals surface area contributed by atoms with Gasteiger partial charge in [0.15, 0.2) is 0 Å². The van der Waals surface area contributed by atoms with Crippen LogP contribution < -0.4 is 5.46 Å². The van der Waals surface area contributed by atoms with E-state index in [-0.39, 0.29) is 5.41 Å². The van der Waals surface area contributed by atoms with E-state index in [9.17, 15) is 0 Å². The van der Waals surface area contributed by atoms with E-state index in [4.69, 9.17) is 4.65 Å². The van der Waals surface area contributed by atoms with Crippen LogP contribution in [0.2, 0.25) is 0 Å². The highest BCUT2D eigenvalue weighted by atomic mass is 16.4. The van der Waals surface area contributed by atoms with Gasteiger partial charge in [-0.25, -0.2) is 0 Å². The molecule has 142 valence electrons. The zero-order valence-electron chi connectivity index (χ0n) is 18.1. The van der Waals surface area contributed by atoms with Gasteiger partial charge in [-0.15, -0.1) is 0 Å². The van der Waals surface area contributed by atoms with Crippen molar-refractivity contribution in [2.24, 2.45) is 10.8 Å². The first kappa shape index (κ1) is 22.3. The molecule has 0 fully saturated rings. The van der Waals surface area contributed by atoms with Crippen LogP contribution in [0.3, 0.4) is 0 Å². The molecule has 0 aliphatic heterocycles. The second kappa shape index (κ2) is 9.85. The monoisotopic (exact) mass is 352 g/mol. The van der Waals surface area contributed by atoms with Crippen LogP contribution in [0.4, 0.5) is 0 Å². The minimum absolute atomic E-state index is 0.250. The maximum absolute atomic E-state index is 5.94. The van der Waals surface area contributed by atoms with Crippen molar-refractivity contribution in [2.75, 3.05) is 0 Å². The van der Waals surface area contributed by atoms with E-state index < -0.39 is 0 Å². The highest BCUT2D eigenvalue weighted by Crippen LogP contribution is 2.42. The van der Waals surface area contributed by atoms with E-state index in [2.05, 4.69) is 65.8 Å². The first-order valence-electron chi connectivity index (χ1n) is 9.74. The number of rotatable bonds is 7. The maximum Gasteiger partial charge on any atom is 0.373 e. The van der Waals surface area contributed by atoms with Gasteiger partial charge in [0.2, 0.25) is 0 Å². The molecule has 0 radical (unpaired) electrons. The molecular weight excluding hydrogens is 315 g/mol. The quantitative estimate of drug-likeness (QED) is 0.319. The largest absolute Gasteiger partial charge is 0.559 e. The molecule has 0 aliphatic rings. The molecule has 0 saturated carbocycles. The van der Waals surface area contributed by atoms with Crippen LogP contribution in [0.25, 0.3) is 0 Å². The average Bonchev–Trinajstić information content (AvgIpc) is 2.54. The zero-order valence-corrected chi connectivity index (χ0v) is 18.1. The Morgan fingerprint density at radius 3 is 2.08 bits per heavy atom. The molecule has 1 atom stereocenters. The van der Waals surface area contributed by atoms with Gasteiger partial charge in [-0.2, -0.15) is 0 Å². The predicted octanol–water partition coefficient (Wildman–Crippen LogP) is 6.28. The fraction of sp³-hybridized carbons (Fsp3) is 0.500. The molecule has 0 heterocycles. The second-order valence-electron chi connectivity index (χ2n) is 9.31. The van der Waals surface area contributed by atoms with Crippen LogP contribution >= 0.6 is 0 Å². The highest BCUT2D eigenvalue weighted by molar-refractivity contribution is 6.47. The minimum atomic E-state index is 0.250. The van der Waals surface area contributed by atoms with Gasteiger partial charge in [0, 0.05) is 0 Å². The van der Waals surface area contributed by atoms with Gasteiger partial charge in [-0.3, -0.25) is 0 Å². The van der Waals surface area contributed by atoms with Gasteiger partial charge in [0.1, 0.15) is 0 Å². The number of allylic oxidation sites excluding steroid dienone is 5. The Morgan fingerprint density at radius 2 is 1.62 bits per heavy atom. The van der Waals surface area contributed by atoms with Gasteiger partial charge < -0.3 is 4.65 Å². The topological polar surface area (TPSA) is 9.23 Å². The molecule has 0 aromatic heterocycles. The van der Waals surface area contributed by atoms with E-state index in [1.165, 1.54) is 17.4 Å². The summed E-state index contributed by atoms with van der Waals surface area (Å²) in [4.78, 5) is 0. The van der Waals surface area contributed by atoms with Gasteiger partial charge in [0.05, 0.1) is 5.76 Å². The van der Waals surface area contributed by atoms with Crippen LogP contribution in [0.15, 0.2) is 60.4 Å². The number of hydrogen-bond acceptors (Lipinski definition) is 1. The van der Waals surface area contributed by atoms with Crippen molar-refractivity contribution in [1.29, 1.82) is 0 Å². The molecule has 2 heteroatoms. The summed E-state index contributed by atoms with van der Waals surface area (Å²) in [6.07, 6.45) is 11.2. The minimum Gasteiger partial charge on any atom is -0.559 e. The standard InChI is InChI=1S/C24H37BO/c1-9-11-13-21(12-10-2)26-25-20-16-14-19(15-17-20)22(24(6,7)8)18-23(3,4)5/h9-17,22,25H,18H2,1-8H3/b11-9-,12-10-,21-13+. The lowest BCUT2D eigenvalue weighted by Gasteiger charge is -2.36. The second-order valence-corrected chi connectivity index (χ2v) is 9.31. The molecular formula is C24H37BO. The summed E-state index contributed by atoms with van der Waals surface area (Å²) in [6.45, 7) is 18.0. The van der Waals surface area contributed by atoms with Crippen molar-refractivity contribution in [3.8, 4) is 0 Å². The Morgan fingerprint density at radius 1 is 1.00 bits per heavy atom. The van der Waals surface area contributed by atoms with Gasteiger partial charge in [-0.1, -0.05) is 84.0 Å². The lowest BCUT2D eigenvalue weighted by Crippen LogP contribution is -2.24.